The van der Waals surface area contributed by atoms with E-state index in [0.717, 1.165) is 31.5 Å². The molecule has 188 valence electrons. The normalized spacial score (nSPS) is 16.1. The van der Waals surface area contributed by atoms with Crippen molar-refractivity contribution in [3.63, 3.8) is 0 Å². The van der Waals surface area contributed by atoms with Crippen LogP contribution < -0.4 is 16.2 Å². The fourth-order valence-corrected chi connectivity index (χ4v) is 4.71. The molecule has 6 nitrogen and oxygen atoms in total. The average molecular weight is 495 g/mol. The van der Waals surface area contributed by atoms with E-state index in [9.17, 15) is 18.4 Å². The smallest absolute Gasteiger partial charge is 0.245 e. The predicted molar refractivity (Wildman–Crippen MR) is 135 cm³/mol. The summed E-state index contributed by atoms with van der Waals surface area (Å²) in [5, 5.41) is 3.05. The van der Waals surface area contributed by atoms with Crippen LogP contribution in [0.15, 0.2) is 42.5 Å². The molecule has 3 rings (SSSR count). The van der Waals surface area contributed by atoms with Gasteiger partial charge in [0.15, 0.2) is 0 Å². The number of nitrogens with one attached hydrogen (secondary N) is 3. The number of benzene rings is 2. The molecule has 0 spiro atoms. The molecule has 1 aliphatic rings. The molecule has 1 aliphatic heterocycles. The molecule has 0 aromatic heterocycles. The maximum atomic E-state index is 14.7. The Labute approximate surface area is 206 Å². The molecular formula is C25H36F2N4O2S. The Morgan fingerprint density at radius 2 is 1.82 bits per heavy atom. The van der Waals surface area contributed by atoms with E-state index in [0.29, 0.717) is 11.7 Å². The van der Waals surface area contributed by atoms with Gasteiger partial charge in [0, 0.05) is 29.5 Å². The fourth-order valence-electron chi connectivity index (χ4n) is 3.35. The SMILES string of the molecule is CC.CC(C(=O)NNC=O)c1cc(F)c(CN2CCCC(c3ccccc3)S2)cc1F.CNC. The van der Waals surface area contributed by atoms with Crippen LogP contribution in [0.5, 0.6) is 0 Å². The van der Waals surface area contributed by atoms with Gasteiger partial charge in [0.2, 0.25) is 12.3 Å². The highest BCUT2D eigenvalue weighted by Crippen LogP contribution is 2.40. The summed E-state index contributed by atoms with van der Waals surface area (Å²) in [6, 6.07) is 12.4. The summed E-state index contributed by atoms with van der Waals surface area (Å²) in [4.78, 5) is 22.2. The molecule has 0 saturated carbocycles. The summed E-state index contributed by atoms with van der Waals surface area (Å²) in [5.74, 6) is -2.76. The Hall–Kier alpha value is -2.49. The van der Waals surface area contributed by atoms with Crippen molar-refractivity contribution >= 4 is 24.3 Å². The molecule has 0 radical (unpaired) electrons. The first kappa shape index (κ1) is 29.5. The Morgan fingerprint density at radius 3 is 2.44 bits per heavy atom. The molecule has 0 bridgehead atoms. The highest BCUT2D eigenvalue weighted by Gasteiger charge is 2.25. The zero-order chi connectivity index (χ0) is 25.5. The maximum Gasteiger partial charge on any atom is 0.245 e. The second kappa shape index (κ2) is 16.2. The van der Waals surface area contributed by atoms with E-state index in [2.05, 4.69) is 27.2 Å². The lowest BCUT2D eigenvalue weighted by Crippen LogP contribution is -2.39. The zero-order valence-electron chi connectivity index (χ0n) is 20.5. The van der Waals surface area contributed by atoms with E-state index in [1.165, 1.54) is 12.5 Å². The zero-order valence-corrected chi connectivity index (χ0v) is 21.3. The summed E-state index contributed by atoms with van der Waals surface area (Å²) in [5.41, 5.74) is 5.56. The van der Waals surface area contributed by atoms with Crippen molar-refractivity contribution in [3.8, 4) is 0 Å². The Bertz CT molecular complexity index is 887. The van der Waals surface area contributed by atoms with Crippen LogP contribution in [0.3, 0.4) is 0 Å². The van der Waals surface area contributed by atoms with Crippen LogP contribution in [0.25, 0.3) is 0 Å². The van der Waals surface area contributed by atoms with Gasteiger partial charge in [-0.15, -0.1) is 0 Å². The molecule has 1 fully saturated rings. The van der Waals surface area contributed by atoms with Gasteiger partial charge in [-0.1, -0.05) is 56.1 Å². The lowest BCUT2D eigenvalue weighted by Gasteiger charge is -2.32. The third kappa shape index (κ3) is 9.04. The van der Waals surface area contributed by atoms with Crippen molar-refractivity contribution < 1.29 is 18.4 Å². The average Bonchev–Trinajstić information content (AvgIpc) is 2.86. The van der Waals surface area contributed by atoms with Gasteiger partial charge in [-0.2, -0.15) is 0 Å². The quantitative estimate of drug-likeness (QED) is 0.296. The predicted octanol–water partition coefficient (Wildman–Crippen LogP) is 4.69. The first-order valence-corrected chi connectivity index (χ1v) is 12.3. The summed E-state index contributed by atoms with van der Waals surface area (Å²) in [6.45, 7) is 6.53. The first-order valence-electron chi connectivity index (χ1n) is 11.4. The monoisotopic (exact) mass is 494 g/mol. The van der Waals surface area contributed by atoms with Crippen LogP contribution in [0, 0.1) is 11.6 Å². The maximum absolute atomic E-state index is 14.7. The lowest BCUT2D eigenvalue weighted by molar-refractivity contribution is -0.125. The summed E-state index contributed by atoms with van der Waals surface area (Å²) >= 11 is 1.66. The summed E-state index contributed by atoms with van der Waals surface area (Å²) in [7, 11) is 3.75. The topological polar surface area (TPSA) is 73.5 Å². The number of amides is 2. The van der Waals surface area contributed by atoms with Crippen molar-refractivity contribution in [2.75, 3.05) is 20.6 Å². The third-order valence-corrected chi connectivity index (χ3v) is 6.32. The summed E-state index contributed by atoms with van der Waals surface area (Å²) < 4.78 is 31.3. The van der Waals surface area contributed by atoms with Gasteiger partial charge in [0.25, 0.3) is 0 Å². The standard InChI is InChI=1S/C21H23F2N3O2S.C2H7N.C2H6/c1-14(21(28)25-24-13-27)17-11-18(22)16(10-19(17)23)12-26-9-5-8-20(29-26)15-6-3-2-4-7-15;1-3-2;1-2/h2-4,6-7,10-11,13-14,20H,5,8-9,12H2,1H3,(H,24,27)(H,25,28);3H,1-2H3;1-2H3. The first-order chi connectivity index (χ1) is 16.4. The number of carbonyl (C=O) groups excluding carboxylic acids is 2. The highest BCUT2D eigenvalue weighted by molar-refractivity contribution is 7.97. The van der Waals surface area contributed by atoms with Crippen LogP contribution in [0.2, 0.25) is 0 Å². The van der Waals surface area contributed by atoms with Gasteiger partial charge in [-0.3, -0.25) is 20.4 Å². The molecule has 2 amide bonds. The minimum absolute atomic E-state index is 0.0510. The van der Waals surface area contributed by atoms with Gasteiger partial charge in [-0.25, -0.2) is 13.1 Å². The van der Waals surface area contributed by atoms with Gasteiger partial charge in [0.05, 0.1) is 5.92 Å². The Morgan fingerprint density at radius 1 is 1.18 bits per heavy atom. The number of hydrazine groups is 1. The van der Waals surface area contributed by atoms with Crippen molar-refractivity contribution in [2.24, 2.45) is 0 Å². The van der Waals surface area contributed by atoms with Gasteiger partial charge in [-0.05, 0) is 51.6 Å². The number of hydrogen-bond donors (Lipinski definition) is 3. The molecule has 2 unspecified atom stereocenters. The number of halogens is 2. The molecule has 3 N–H and O–H groups in total. The number of nitrogens with zero attached hydrogens (tertiary/aromatic N) is 1. The molecular weight excluding hydrogens is 458 g/mol. The van der Waals surface area contributed by atoms with E-state index in [4.69, 9.17) is 0 Å². The van der Waals surface area contributed by atoms with Gasteiger partial charge in [0.1, 0.15) is 11.6 Å². The van der Waals surface area contributed by atoms with Crippen molar-refractivity contribution in [1.82, 2.24) is 20.5 Å². The summed E-state index contributed by atoms with van der Waals surface area (Å²) in [6.07, 6.45) is 2.32. The molecule has 1 heterocycles. The molecule has 2 aromatic rings. The van der Waals surface area contributed by atoms with Crippen molar-refractivity contribution in [2.45, 2.75) is 51.3 Å². The van der Waals surface area contributed by atoms with Gasteiger partial charge >= 0.3 is 0 Å². The minimum atomic E-state index is -0.946. The van der Waals surface area contributed by atoms with E-state index in [1.54, 1.807) is 11.9 Å². The van der Waals surface area contributed by atoms with E-state index < -0.39 is 23.5 Å². The molecule has 9 heteroatoms. The van der Waals surface area contributed by atoms with Crippen molar-refractivity contribution in [3.05, 3.63) is 70.8 Å². The van der Waals surface area contributed by atoms with Crippen molar-refractivity contribution in [1.29, 1.82) is 0 Å². The highest BCUT2D eigenvalue weighted by atomic mass is 32.2. The van der Waals surface area contributed by atoms with Crippen LogP contribution >= 0.6 is 11.9 Å². The second-order valence-corrected chi connectivity index (χ2v) is 8.74. The largest absolute Gasteiger partial charge is 0.323 e. The fraction of sp³-hybridized carbons (Fsp3) is 0.440. The minimum Gasteiger partial charge on any atom is -0.323 e. The van der Waals surface area contributed by atoms with Crippen LogP contribution in [-0.2, 0) is 16.1 Å². The third-order valence-electron chi connectivity index (χ3n) is 4.95. The Balaban J connectivity index is 0.00000107. The van der Waals surface area contributed by atoms with Crippen LogP contribution in [0.4, 0.5) is 8.78 Å². The second-order valence-electron chi connectivity index (χ2n) is 7.45. The molecule has 0 aliphatic carbocycles. The number of hydrogen-bond acceptors (Lipinski definition) is 5. The Kier molecular flexibility index (Phi) is 14.1. The van der Waals surface area contributed by atoms with E-state index in [1.807, 2.05) is 51.6 Å². The van der Waals surface area contributed by atoms with E-state index in [-0.39, 0.29) is 17.7 Å². The molecule has 2 atom stereocenters. The molecule has 2 aromatic carbocycles. The number of carbonyl (C=O) groups is 2. The van der Waals surface area contributed by atoms with Crippen LogP contribution in [-0.4, -0.2) is 37.3 Å². The molecule has 34 heavy (non-hydrogen) atoms. The van der Waals surface area contributed by atoms with E-state index >= 15 is 0 Å². The van der Waals surface area contributed by atoms with Crippen LogP contribution in [0.1, 0.15) is 61.5 Å². The molecule has 1 saturated heterocycles. The lowest BCUT2D eigenvalue weighted by atomic mass is 9.98. The van der Waals surface area contributed by atoms with Gasteiger partial charge < -0.3 is 5.32 Å². The number of rotatable bonds is 7.